The number of methoxy groups -OCH3 is 2. The van der Waals surface area contributed by atoms with Gasteiger partial charge in [0, 0.05) is 0 Å². The highest BCUT2D eigenvalue weighted by Crippen LogP contribution is 2.25. The largest absolute Gasteiger partial charge is 0.495 e. The van der Waals surface area contributed by atoms with Crippen molar-refractivity contribution in [3.05, 3.63) is 23.8 Å². The molecule has 0 spiro atoms. The summed E-state index contributed by atoms with van der Waals surface area (Å²) < 4.78 is 9.63. The first-order valence-electron chi connectivity index (χ1n) is 4.74. The van der Waals surface area contributed by atoms with Crippen LogP contribution >= 0.6 is 11.6 Å². The van der Waals surface area contributed by atoms with Crippen LogP contribution in [0.5, 0.6) is 5.75 Å². The second-order valence-electron chi connectivity index (χ2n) is 3.09. The minimum Gasteiger partial charge on any atom is -0.495 e. The molecule has 0 radical (unpaired) electrons. The van der Waals surface area contributed by atoms with Gasteiger partial charge in [0.25, 0.3) is 0 Å². The number of nitrogens with one attached hydrogen (secondary N) is 1. The van der Waals surface area contributed by atoms with E-state index in [1.54, 1.807) is 12.1 Å². The van der Waals surface area contributed by atoms with E-state index >= 15 is 0 Å². The highest BCUT2D eigenvalue weighted by molar-refractivity contribution is 6.29. The van der Waals surface area contributed by atoms with E-state index in [1.807, 2.05) is 0 Å². The number of carbonyl (C=O) groups is 2. The molecule has 0 heterocycles. The van der Waals surface area contributed by atoms with Crippen LogP contribution in [0.2, 0.25) is 0 Å². The maximum Gasteiger partial charge on any atom is 0.337 e. The number of alkyl halides is 1. The number of anilines is 1. The number of carbonyl (C=O) groups excluding carboxylic acids is 2. The van der Waals surface area contributed by atoms with Crippen molar-refractivity contribution in [2.45, 2.75) is 0 Å². The number of hydrogen-bond donors (Lipinski definition) is 1. The van der Waals surface area contributed by atoms with Gasteiger partial charge in [0.05, 0.1) is 25.5 Å². The second kappa shape index (κ2) is 6.10. The fraction of sp³-hybridized carbons (Fsp3) is 0.273. The van der Waals surface area contributed by atoms with Crippen LogP contribution in [0.4, 0.5) is 5.69 Å². The molecular formula is C11H12ClNO4. The third-order valence-electron chi connectivity index (χ3n) is 2.02. The molecule has 17 heavy (non-hydrogen) atoms. The van der Waals surface area contributed by atoms with E-state index in [9.17, 15) is 9.59 Å². The molecular weight excluding hydrogens is 246 g/mol. The number of hydrogen-bond acceptors (Lipinski definition) is 4. The van der Waals surface area contributed by atoms with Crippen LogP contribution in [0.15, 0.2) is 18.2 Å². The number of benzene rings is 1. The summed E-state index contributed by atoms with van der Waals surface area (Å²) in [4.78, 5) is 22.5. The van der Waals surface area contributed by atoms with Gasteiger partial charge < -0.3 is 14.8 Å². The summed E-state index contributed by atoms with van der Waals surface area (Å²) in [6.07, 6.45) is 0. The normalized spacial score (nSPS) is 9.59. The first kappa shape index (κ1) is 13.3. The summed E-state index contributed by atoms with van der Waals surface area (Å²) in [7, 11) is 2.74. The molecule has 0 atom stereocenters. The molecule has 0 unspecified atom stereocenters. The molecule has 0 aliphatic carbocycles. The van der Waals surface area contributed by atoms with Gasteiger partial charge in [-0.05, 0) is 18.2 Å². The summed E-state index contributed by atoms with van der Waals surface area (Å²) in [6, 6.07) is 4.58. The number of halogens is 1. The fourth-order valence-electron chi connectivity index (χ4n) is 1.23. The van der Waals surface area contributed by atoms with Gasteiger partial charge in [0.1, 0.15) is 11.6 Å². The van der Waals surface area contributed by atoms with Crippen molar-refractivity contribution in [2.24, 2.45) is 0 Å². The summed E-state index contributed by atoms with van der Waals surface area (Å²) in [5.41, 5.74) is 0.694. The predicted octanol–water partition coefficient (Wildman–Crippen LogP) is 1.66. The van der Waals surface area contributed by atoms with Crippen molar-refractivity contribution in [3.8, 4) is 5.75 Å². The van der Waals surface area contributed by atoms with Gasteiger partial charge in [-0.3, -0.25) is 4.79 Å². The Bertz CT molecular complexity index is 433. The summed E-state index contributed by atoms with van der Waals surface area (Å²) in [5.74, 6) is -0.608. The molecule has 0 fully saturated rings. The van der Waals surface area contributed by atoms with Crippen molar-refractivity contribution in [1.29, 1.82) is 0 Å². The zero-order valence-electron chi connectivity index (χ0n) is 9.45. The molecule has 0 aromatic heterocycles. The van der Waals surface area contributed by atoms with E-state index in [-0.39, 0.29) is 11.8 Å². The molecule has 1 amide bonds. The van der Waals surface area contributed by atoms with E-state index in [1.165, 1.54) is 20.3 Å². The average molecular weight is 258 g/mol. The van der Waals surface area contributed by atoms with E-state index in [0.717, 1.165) is 0 Å². The predicted molar refractivity (Wildman–Crippen MR) is 63.7 cm³/mol. The topological polar surface area (TPSA) is 64.6 Å². The van der Waals surface area contributed by atoms with Crippen LogP contribution in [0.1, 0.15) is 10.4 Å². The van der Waals surface area contributed by atoms with E-state index in [4.69, 9.17) is 16.3 Å². The quantitative estimate of drug-likeness (QED) is 0.658. The van der Waals surface area contributed by atoms with Crippen LogP contribution in [-0.4, -0.2) is 32.0 Å². The van der Waals surface area contributed by atoms with Crippen molar-refractivity contribution in [3.63, 3.8) is 0 Å². The van der Waals surface area contributed by atoms with Gasteiger partial charge in [-0.15, -0.1) is 11.6 Å². The smallest absolute Gasteiger partial charge is 0.337 e. The van der Waals surface area contributed by atoms with Crippen LogP contribution in [-0.2, 0) is 9.53 Å². The lowest BCUT2D eigenvalue weighted by molar-refractivity contribution is -0.113. The van der Waals surface area contributed by atoms with Gasteiger partial charge in [0.2, 0.25) is 5.91 Å². The molecule has 0 aliphatic heterocycles. The molecule has 0 aliphatic rings. The van der Waals surface area contributed by atoms with Crippen LogP contribution in [0.3, 0.4) is 0 Å². The Labute approximate surface area is 104 Å². The molecule has 5 nitrogen and oxygen atoms in total. The third-order valence-corrected chi connectivity index (χ3v) is 2.26. The SMILES string of the molecule is COC(=O)c1ccc(OC)c(NC(=O)CCl)c1. The van der Waals surface area contributed by atoms with Gasteiger partial charge in [-0.2, -0.15) is 0 Å². The summed E-state index contributed by atoms with van der Waals surface area (Å²) in [6.45, 7) is 0. The molecule has 6 heteroatoms. The molecule has 0 saturated carbocycles. The Morgan fingerprint density at radius 2 is 2.06 bits per heavy atom. The van der Waals surface area contributed by atoms with Crippen LogP contribution in [0.25, 0.3) is 0 Å². The number of ether oxygens (including phenoxy) is 2. The Hall–Kier alpha value is -1.75. The van der Waals surface area contributed by atoms with Crippen molar-refractivity contribution >= 4 is 29.2 Å². The highest BCUT2D eigenvalue weighted by Gasteiger charge is 2.11. The molecule has 92 valence electrons. The second-order valence-corrected chi connectivity index (χ2v) is 3.36. The van der Waals surface area contributed by atoms with Gasteiger partial charge in [0.15, 0.2) is 0 Å². The fourth-order valence-corrected chi connectivity index (χ4v) is 1.30. The van der Waals surface area contributed by atoms with E-state index in [0.29, 0.717) is 17.0 Å². The minimum atomic E-state index is -0.492. The van der Waals surface area contributed by atoms with Gasteiger partial charge in [-0.25, -0.2) is 4.79 Å². The minimum absolute atomic E-state index is 0.175. The molecule has 1 aromatic rings. The molecule has 1 rings (SSSR count). The lowest BCUT2D eigenvalue weighted by Crippen LogP contribution is -2.14. The molecule has 1 aromatic carbocycles. The highest BCUT2D eigenvalue weighted by atomic mass is 35.5. The van der Waals surface area contributed by atoms with Crippen LogP contribution < -0.4 is 10.1 Å². The molecule has 0 saturated heterocycles. The number of esters is 1. The summed E-state index contributed by atoms with van der Waals surface area (Å²) in [5, 5.41) is 2.53. The van der Waals surface area contributed by atoms with Gasteiger partial charge in [-0.1, -0.05) is 0 Å². The Balaban J connectivity index is 3.06. The standard InChI is InChI=1S/C11H12ClNO4/c1-16-9-4-3-7(11(15)17-2)5-8(9)13-10(14)6-12/h3-5H,6H2,1-2H3,(H,13,14). The first-order chi connectivity index (χ1) is 8.12. The maximum absolute atomic E-state index is 11.3. The monoisotopic (exact) mass is 257 g/mol. The lowest BCUT2D eigenvalue weighted by atomic mass is 10.2. The zero-order valence-corrected chi connectivity index (χ0v) is 10.2. The lowest BCUT2D eigenvalue weighted by Gasteiger charge is -2.10. The zero-order chi connectivity index (χ0) is 12.8. The molecule has 1 N–H and O–H groups in total. The average Bonchev–Trinajstić information content (AvgIpc) is 2.37. The Morgan fingerprint density at radius 3 is 2.59 bits per heavy atom. The maximum atomic E-state index is 11.3. The van der Waals surface area contributed by atoms with Crippen LogP contribution in [0, 0.1) is 0 Å². The van der Waals surface area contributed by atoms with Crippen molar-refractivity contribution in [1.82, 2.24) is 0 Å². The Morgan fingerprint density at radius 1 is 1.35 bits per heavy atom. The summed E-state index contributed by atoms with van der Waals surface area (Å²) >= 11 is 5.38. The van der Waals surface area contributed by atoms with Crippen molar-refractivity contribution < 1.29 is 19.1 Å². The molecule has 0 bridgehead atoms. The van der Waals surface area contributed by atoms with E-state index in [2.05, 4.69) is 10.1 Å². The van der Waals surface area contributed by atoms with E-state index < -0.39 is 5.97 Å². The third kappa shape index (κ3) is 3.35. The first-order valence-corrected chi connectivity index (χ1v) is 5.28. The number of amides is 1. The van der Waals surface area contributed by atoms with Gasteiger partial charge >= 0.3 is 5.97 Å². The Kier molecular flexibility index (Phi) is 4.78. The van der Waals surface area contributed by atoms with Crippen molar-refractivity contribution in [2.75, 3.05) is 25.4 Å². The number of rotatable bonds is 4.